The van der Waals surface area contributed by atoms with Crippen LogP contribution in [0.25, 0.3) is 0 Å². The second-order valence-corrected chi connectivity index (χ2v) is 9.02. The molecule has 2 aromatic carbocycles. The molecule has 5 amide bonds. The first-order chi connectivity index (χ1) is 16.6. The minimum atomic E-state index is -0.943. The molecule has 35 heavy (non-hydrogen) atoms. The van der Waals surface area contributed by atoms with Crippen molar-refractivity contribution in [2.75, 3.05) is 5.32 Å². The van der Waals surface area contributed by atoms with Crippen molar-refractivity contribution in [2.24, 2.45) is 5.18 Å². The number of halogens is 1. The predicted molar refractivity (Wildman–Crippen MR) is 132 cm³/mol. The average molecular weight is 502 g/mol. The number of amides is 5. The summed E-state index contributed by atoms with van der Waals surface area (Å²) >= 11 is 6.35. The minimum absolute atomic E-state index is 0.0548. The molecule has 10 nitrogen and oxygen atoms in total. The molecule has 1 fully saturated rings. The van der Waals surface area contributed by atoms with Crippen LogP contribution in [-0.4, -0.2) is 46.2 Å². The molecule has 2 N–H and O–H groups in total. The monoisotopic (exact) mass is 501 g/mol. The Labute approximate surface area is 208 Å². The Bertz CT molecular complexity index is 1110. The van der Waals surface area contributed by atoms with E-state index in [9.17, 15) is 19.3 Å². The number of aryl methyl sites for hydroxylation is 1. The smallest absolute Gasteiger partial charge is 0.331 e. The summed E-state index contributed by atoms with van der Waals surface area (Å²) in [5.74, 6) is -0.428. The number of nitrogens with zero attached hydrogens (tertiary/aromatic N) is 3. The maximum atomic E-state index is 13.4. The molecule has 1 unspecified atom stereocenters. The highest BCUT2D eigenvalue weighted by molar-refractivity contribution is 6.32. The number of urea groups is 2. The first-order valence-corrected chi connectivity index (χ1v) is 11.5. The molecule has 1 heterocycles. The van der Waals surface area contributed by atoms with Crippen LogP contribution in [-0.2, 0) is 11.3 Å². The Hall–Kier alpha value is -3.66. The largest absolute Gasteiger partial charge is 0.489 e. The summed E-state index contributed by atoms with van der Waals surface area (Å²) in [5.41, 5.74) is 2.46. The number of nitroso groups, excluding NO2 is 1. The van der Waals surface area contributed by atoms with Gasteiger partial charge in [-0.2, -0.15) is 0 Å². The number of ether oxygens (including phenoxy) is 1. The molecule has 0 radical (unpaired) electrons. The fraction of sp³-hybridized carbons (Fsp3) is 0.375. The molecular formula is C24H28ClN5O5. The van der Waals surface area contributed by atoms with Gasteiger partial charge in [-0.3, -0.25) is 15.0 Å². The normalized spacial score (nSPS) is 16.7. The van der Waals surface area contributed by atoms with Crippen LogP contribution in [0.5, 0.6) is 5.75 Å². The summed E-state index contributed by atoms with van der Waals surface area (Å²) in [6.07, 6.45) is -1.33. The number of carbonyl (C=O) groups is 3. The number of carbonyl (C=O) groups excluding carboxylic acids is 3. The van der Waals surface area contributed by atoms with Crippen LogP contribution in [0.2, 0.25) is 5.02 Å². The molecule has 2 aromatic rings. The zero-order valence-corrected chi connectivity index (χ0v) is 20.7. The summed E-state index contributed by atoms with van der Waals surface area (Å²) < 4.78 is 5.66. The molecule has 1 aliphatic heterocycles. The third-order valence-corrected chi connectivity index (χ3v) is 5.62. The van der Waals surface area contributed by atoms with Gasteiger partial charge in [-0.1, -0.05) is 41.4 Å². The van der Waals surface area contributed by atoms with Crippen LogP contribution in [0.4, 0.5) is 15.3 Å². The van der Waals surface area contributed by atoms with Crippen LogP contribution in [0, 0.1) is 11.8 Å². The van der Waals surface area contributed by atoms with E-state index in [-0.39, 0.29) is 19.1 Å². The third kappa shape index (κ3) is 6.48. The van der Waals surface area contributed by atoms with Gasteiger partial charge in [0, 0.05) is 16.9 Å². The van der Waals surface area contributed by atoms with Gasteiger partial charge >= 0.3 is 12.1 Å². The Morgan fingerprint density at radius 3 is 2.46 bits per heavy atom. The lowest BCUT2D eigenvalue weighted by molar-refractivity contribution is -0.118. The van der Waals surface area contributed by atoms with Gasteiger partial charge in [0.05, 0.1) is 24.1 Å². The van der Waals surface area contributed by atoms with Crippen molar-refractivity contribution < 1.29 is 19.1 Å². The van der Waals surface area contributed by atoms with Crippen molar-refractivity contribution in [3.05, 3.63) is 63.5 Å². The van der Waals surface area contributed by atoms with E-state index >= 15 is 0 Å². The number of benzene rings is 2. The summed E-state index contributed by atoms with van der Waals surface area (Å²) in [5, 5.41) is 8.62. The number of anilines is 1. The number of nitrogens with one attached hydrogen (secondary N) is 2. The van der Waals surface area contributed by atoms with Gasteiger partial charge in [0.2, 0.25) is 0 Å². The van der Waals surface area contributed by atoms with Crippen molar-refractivity contribution in [1.82, 2.24) is 15.1 Å². The minimum Gasteiger partial charge on any atom is -0.489 e. The molecule has 186 valence electrons. The molecule has 0 aromatic heterocycles. The van der Waals surface area contributed by atoms with Crippen LogP contribution in [0.3, 0.4) is 0 Å². The third-order valence-electron chi connectivity index (χ3n) is 5.33. The van der Waals surface area contributed by atoms with E-state index in [1.54, 1.807) is 18.2 Å². The van der Waals surface area contributed by atoms with Crippen molar-refractivity contribution in [3.8, 4) is 5.75 Å². The fourth-order valence-corrected chi connectivity index (χ4v) is 3.86. The van der Waals surface area contributed by atoms with Crippen LogP contribution >= 0.6 is 11.6 Å². The highest BCUT2D eigenvalue weighted by atomic mass is 35.5. The molecule has 2 atom stereocenters. The van der Waals surface area contributed by atoms with Crippen molar-refractivity contribution in [1.29, 1.82) is 0 Å². The highest BCUT2D eigenvalue weighted by Gasteiger charge is 2.41. The van der Waals surface area contributed by atoms with Gasteiger partial charge in [-0.15, -0.1) is 4.91 Å². The van der Waals surface area contributed by atoms with Crippen LogP contribution < -0.4 is 15.4 Å². The summed E-state index contributed by atoms with van der Waals surface area (Å²) in [7, 11) is 0. The fourth-order valence-electron chi connectivity index (χ4n) is 3.63. The number of rotatable bonds is 9. The molecule has 1 aliphatic rings. The first kappa shape index (κ1) is 26.0. The summed E-state index contributed by atoms with van der Waals surface area (Å²) in [6, 6.07) is 10.5. The summed E-state index contributed by atoms with van der Waals surface area (Å²) in [6.45, 7) is 7.41. The number of hydrogen-bond acceptors (Lipinski definition) is 6. The van der Waals surface area contributed by atoms with E-state index < -0.39 is 30.3 Å². The molecular weight excluding hydrogens is 474 g/mol. The van der Waals surface area contributed by atoms with Crippen LogP contribution in [0.1, 0.15) is 38.3 Å². The lowest BCUT2D eigenvalue weighted by Gasteiger charge is -2.43. The Morgan fingerprint density at radius 1 is 1.17 bits per heavy atom. The van der Waals surface area contributed by atoms with Gasteiger partial charge in [-0.25, -0.2) is 14.5 Å². The highest BCUT2D eigenvalue weighted by Crippen LogP contribution is 2.29. The quantitative estimate of drug-likeness (QED) is 0.474. The molecule has 0 saturated carbocycles. The van der Waals surface area contributed by atoms with Crippen molar-refractivity contribution >= 4 is 35.3 Å². The maximum absolute atomic E-state index is 13.4. The van der Waals surface area contributed by atoms with Crippen molar-refractivity contribution in [3.63, 3.8) is 0 Å². The zero-order valence-electron chi connectivity index (χ0n) is 19.9. The first-order valence-electron chi connectivity index (χ1n) is 11.1. The standard InChI is InChI=1S/C24H28ClN5O5/c1-14(2)35-20-10-9-18(12-19(20)25)26-22-27-23(32)30(16(4)11-21(31)28-34)24(33)29(22)13-17-7-5-15(3)6-8-17/h5-10,12,14,16,22,26H,11,13H2,1-4H3,(H,27,32)/t16-,22?/m0/s1. The maximum Gasteiger partial charge on any atom is 0.331 e. The van der Waals surface area contributed by atoms with E-state index in [2.05, 4.69) is 15.8 Å². The molecule has 0 bridgehead atoms. The summed E-state index contributed by atoms with van der Waals surface area (Å²) in [4.78, 5) is 50.7. The molecule has 0 spiro atoms. The zero-order chi connectivity index (χ0) is 25.7. The topological polar surface area (TPSA) is 120 Å². The molecule has 3 rings (SSSR count). The lowest BCUT2D eigenvalue weighted by Crippen LogP contribution is -2.68. The number of imide groups is 1. The molecule has 1 saturated heterocycles. The van der Waals surface area contributed by atoms with Gasteiger partial charge in [0.25, 0.3) is 5.91 Å². The number of hydrogen-bond donors (Lipinski definition) is 2. The van der Waals surface area contributed by atoms with Gasteiger partial charge < -0.3 is 10.1 Å². The van der Waals surface area contributed by atoms with E-state index in [0.717, 1.165) is 16.0 Å². The van der Waals surface area contributed by atoms with E-state index in [0.29, 0.717) is 16.5 Å². The van der Waals surface area contributed by atoms with E-state index in [1.165, 1.54) is 11.8 Å². The van der Waals surface area contributed by atoms with Gasteiger partial charge in [0.15, 0.2) is 6.29 Å². The second kappa shape index (κ2) is 11.2. The second-order valence-electron chi connectivity index (χ2n) is 8.61. The predicted octanol–water partition coefficient (Wildman–Crippen LogP) is 4.85. The van der Waals surface area contributed by atoms with E-state index in [1.807, 2.05) is 45.0 Å². The van der Waals surface area contributed by atoms with Crippen LogP contribution in [0.15, 0.2) is 47.6 Å². The Balaban J connectivity index is 1.88. The van der Waals surface area contributed by atoms with Crippen molar-refractivity contribution in [2.45, 2.75) is 59.1 Å². The van der Waals surface area contributed by atoms with Gasteiger partial charge in [0.1, 0.15) is 5.75 Å². The average Bonchev–Trinajstić information content (AvgIpc) is 2.79. The Kier molecular flexibility index (Phi) is 8.29. The van der Waals surface area contributed by atoms with Gasteiger partial charge in [-0.05, 0) is 51.5 Å². The molecule has 0 aliphatic carbocycles. The lowest BCUT2D eigenvalue weighted by atomic mass is 10.1. The molecule has 11 heteroatoms. The SMILES string of the molecule is Cc1ccc(CN2C(=O)N([C@@H](C)CC(=O)N=O)C(=O)NC2Nc2ccc(OC(C)C)c(Cl)c2)cc1. The van der Waals surface area contributed by atoms with E-state index in [4.69, 9.17) is 16.3 Å². The Morgan fingerprint density at radius 2 is 1.86 bits per heavy atom.